The van der Waals surface area contributed by atoms with E-state index in [1.54, 1.807) is 12.1 Å². The number of piperidine rings is 1. The van der Waals surface area contributed by atoms with Crippen molar-refractivity contribution in [2.24, 2.45) is 0 Å². The number of carboxylic acids is 2. The van der Waals surface area contributed by atoms with Crippen LogP contribution in [0.1, 0.15) is 31.7 Å². The highest BCUT2D eigenvalue weighted by Gasteiger charge is 2.21. The average Bonchev–Trinajstić information content (AvgIpc) is 2.68. The molecule has 0 aromatic heterocycles. The number of halogens is 2. The summed E-state index contributed by atoms with van der Waals surface area (Å²) in [6.45, 7) is 3.08. The molecule has 1 heterocycles. The van der Waals surface area contributed by atoms with Crippen LogP contribution in [0.3, 0.4) is 0 Å². The van der Waals surface area contributed by atoms with E-state index in [1.165, 1.54) is 0 Å². The zero-order chi connectivity index (χ0) is 21.6. The molecule has 29 heavy (non-hydrogen) atoms. The second-order valence-corrected chi connectivity index (χ2v) is 6.45. The van der Waals surface area contributed by atoms with E-state index in [4.69, 9.17) is 10.2 Å². The van der Waals surface area contributed by atoms with E-state index in [2.05, 4.69) is 21.9 Å². The van der Waals surface area contributed by atoms with Crippen molar-refractivity contribution in [2.45, 2.75) is 45.4 Å². The first-order valence-corrected chi connectivity index (χ1v) is 9.44. The summed E-state index contributed by atoms with van der Waals surface area (Å²) in [5, 5.41) is 19.0. The highest BCUT2D eigenvalue weighted by Crippen LogP contribution is 2.24. The molecule has 162 valence electrons. The number of hydrogen-bond donors (Lipinski definition) is 3. The molecule has 0 spiro atoms. The molecule has 1 saturated heterocycles. The Bertz CT molecular complexity index is 648. The number of carbonyl (C=O) groups is 2. The molecular formula is C20H28F2N2O5. The number of carboxylic acid groups (broad SMARTS) is 2. The average molecular weight is 414 g/mol. The Morgan fingerprint density at radius 3 is 2.31 bits per heavy atom. The number of rotatable bonds is 9. The van der Waals surface area contributed by atoms with Crippen molar-refractivity contribution in [3.63, 3.8) is 0 Å². The fourth-order valence-electron chi connectivity index (χ4n) is 3.06. The maximum Gasteiger partial charge on any atom is 0.387 e. The maximum absolute atomic E-state index is 12.5. The zero-order valence-corrected chi connectivity index (χ0v) is 16.4. The number of para-hydroxylation sites is 1. The van der Waals surface area contributed by atoms with E-state index in [0.717, 1.165) is 44.5 Å². The predicted octanol–water partition coefficient (Wildman–Crippen LogP) is 2.96. The highest BCUT2D eigenvalue weighted by molar-refractivity contribution is 5.89. The second kappa shape index (κ2) is 13.6. The van der Waals surface area contributed by atoms with Gasteiger partial charge in [0.15, 0.2) is 0 Å². The lowest BCUT2D eigenvalue weighted by molar-refractivity contribution is -0.134. The molecule has 9 heteroatoms. The first kappa shape index (κ1) is 24.5. The van der Waals surface area contributed by atoms with Crippen LogP contribution in [0.15, 0.2) is 36.4 Å². The summed E-state index contributed by atoms with van der Waals surface area (Å²) in [7, 11) is 0. The number of nitrogens with one attached hydrogen (secondary N) is 1. The van der Waals surface area contributed by atoms with Crippen LogP contribution in [0, 0.1) is 0 Å². The Morgan fingerprint density at radius 1 is 1.21 bits per heavy atom. The molecule has 0 radical (unpaired) electrons. The van der Waals surface area contributed by atoms with Crippen molar-refractivity contribution in [1.82, 2.24) is 10.2 Å². The number of aliphatic carboxylic acids is 2. The lowest BCUT2D eigenvalue weighted by Gasteiger charge is -2.34. The molecule has 0 amide bonds. The lowest BCUT2D eigenvalue weighted by atomic mass is 10.0. The molecule has 1 aliphatic heterocycles. The van der Waals surface area contributed by atoms with Gasteiger partial charge in [0, 0.05) is 30.3 Å². The Morgan fingerprint density at radius 2 is 1.79 bits per heavy atom. The normalized spacial score (nSPS) is 14.7. The van der Waals surface area contributed by atoms with Gasteiger partial charge in [0.2, 0.25) is 0 Å². The third kappa shape index (κ3) is 10.6. The number of nitrogens with zero attached hydrogens (tertiary/aromatic N) is 1. The van der Waals surface area contributed by atoms with Gasteiger partial charge in [-0.3, -0.25) is 4.90 Å². The zero-order valence-electron chi connectivity index (χ0n) is 16.4. The van der Waals surface area contributed by atoms with Gasteiger partial charge in [-0.1, -0.05) is 25.1 Å². The quantitative estimate of drug-likeness (QED) is 0.534. The molecule has 0 unspecified atom stereocenters. The summed E-state index contributed by atoms with van der Waals surface area (Å²) in [6.07, 6.45) is 4.39. The minimum Gasteiger partial charge on any atom is -0.478 e. The van der Waals surface area contributed by atoms with Crippen LogP contribution >= 0.6 is 0 Å². The predicted molar refractivity (Wildman–Crippen MR) is 104 cm³/mol. The van der Waals surface area contributed by atoms with E-state index < -0.39 is 18.6 Å². The molecule has 0 saturated carbocycles. The third-order valence-corrected chi connectivity index (χ3v) is 4.27. The molecule has 1 aliphatic rings. The molecule has 1 aromatic carbocycles. The number of hydrogen-bond acceptors (Lipinski definition) is 5. The van der Waals surface area contributed by atoms with Crippen molar-refractivity contribution in [2.75, 3.05) is 19.6 Å². The van der Waals surface area contributed by atoms with Gasteiger partial charge in [-0.15, -0.1) is 0 Å². The van der Waals surface area contributed by atoms with Gasteiger partial charge >= 0.3 is 18.6 Å². The molecule has 3 N–H and O–H groups in total. The van der Waals surface area contributed by atoms with E-state index >= 15 is 0 Å². The van der Waals surface area contributed by atoms with Crippen molar-refractivity contribution in [3.8, 4) is 5.75 Å². The topological polar surface area (TPSA) is 99.1 Å². The van der Waals surface area contributed by atoms with E-state index in [0.29, 0.717) is 30.5 Å². The Labute approximate surface area is 169 Å². The summed E-state index contributed by atoms with van der Waals surface area (Å²) in [5.74, 6) is -2.22. The van der Waals surface area contributed by atoms with Crippen molar-refractivity contribution in [1.29, 1.82) is 0 Å². The Hall–Kier alpha value is -2.52. The van der Waals surface area contributed by atoms with Gasteiger partial charge in [0.1, 0.15) is 5.75 Å². The fourth-order valence-corrected chi connectivity index (χ4v) is 3.06. The van der Waals surface area contributed by atoms with Crippen LogP contribution < -0.4 is 10.1 Å². The SMILES string of the molecule is CCCN(Cc1ccccc1OC(F)F)C1CCNCC1.O=C(O)/C=C/C(=O)O. The van der Waals surface area contributed by atoms with Crippen LogP contribution in [0.2, 0.25) is 0 Å². The van der Waals surface area contributed by atoms with Crippen molar-refractivity contribution in [3.05, 3.63) is 42.0 Å². The van der Waals surface area contributed by atoms with E-state index in [1.807, 2.05) is 12.1 Å². The highest BCUT2D eigenvalue weighted by atomic mass is 19.3. The van der Waals surface area contributed by atoms with Crippen LogP contribution in [0.25, 0.3) is 0 Å². The molecular weight excluding hydrogens is 386 g/mol. The monoisotopic (exact) mass is 414 g/mol. The maximum atomic E-state index is 12.5. The molecule has 1 aromatic rings. The van der Waals surface area contributed by atoms with E-state index in [-0.39, 0.29) is 0 Å². The molecule has 7 nitrogen and oxygen atoms in total. The Kier molecular flexibility index (Phi) is 11.5. The van der Waals surface area contributed by atoms with Crippen LogP contribution in [-0.2, 0) is 16.1 Å². The molecule has 2 rings (SSSR count). The van der Waals surface area contributed by atoms with Gasteiger partial charge in [0.05, 0.1) is 0 Å². The van der Waals surface area contributed by atoms with Crippen LogP contribution in [0.5, 0.6) is 5.75 Å². The minimum absolute atomic E-state index is 0.294. The number of ether oxygens (including phenoxy) is 1. The van der Waals surface area contributed by atoms with Crippen molar-refractivity contribution >= 4 is 11.9 Å². The standard InChI is InChI=1S/C16H24F2N2O.C4H4O4/c1-2-11-20(14-7-9-19-10-8-14)12-13-5-3-4-6-15(13)21-16(17)18;5-3(6)1-2-4(7)8/h3-6,14,16,19H,2,7-12H2,1H3;1-2H,(H,5,6)(H,7,8)/b;2-1+. The largest absolute Gasteiger partial charge is 0.478 e. The lowest BCUT2D eigenvalue weighted by Crippen LogP contribution is -2.43. The van der Waals surface area contributed by atoms with Gasteiger partial charge < -0.3 is 20.3 Å². The number of benzene rings is 1. The minimum atomic E-state index is -2.77. The van der Waals surface area contributed by atoms with E-state index in [9.17, 15) is 18.4 Å². The van der Waals surface area contributed by atoms with Crippen molar-refractivity contribution < 1.29 is 33.3 Å². The number of alkyl halides is 2. The first-order chi connectivity index (χ1) is 13.8. The first-order valence-electron chi connectivity index (χ1n) is 9.44. The van der Waals surface area contributed by atoms with Gasteiger partial charge in [-0.05, 0) is 45.0 Å². The summed E-state index contributed by atoms with van der Waals surface area (Å²) in [4.78, 5) is 21.5. The summed E-state index contributed by atoms with van der Waals surface area (Å²) in [6, 6.07) is 7.62. The summed E-state index contributed by atoms with van der Waals surface area (Å²) >= 11 is 0. The van der Waals surface area contributed by atoms with Gasteiger partial charge in [0.25, 0.3) is 0 Å². The smallest absolute Gasteiger partial charge is 0.387 e. The molecule has 0 bridgehead atoms. The molecule has 0 atom stereocenters. The second-order valence-electron chi connectivity index (χ2n) is 6.45. The summed E-state index contributed by atoms with van der Waals surface area (Å²) < 4.78 is 29.6. The Balaban J connectivity index is 0.000000447. The molecule has 0 aliphatic carbocycles. The van der Waals surface area contributed by atoms with Crippen LogP contribution in [-0.4, -0.2) is 59.3 Å². The van der Waals surface area contributed by atoms with Gasteiger partial charge in [-0.25, -0.2) is 9.59 Å². The van der Waals surface area contributed by atoms with Gasteiger partial charge in [-0.2, -0.15) is 8.78 Å². The third-order valence-electron chi connectivity index (χ3n) is 4.27. The molecule has 1 fully saturated rings. The fraction of sp³-hybridized carbons (Fsp3) is 0.500. The van der Waals surface area contributed by atoms with Crippen LogP contribution in [0.4, 0.5) is 8.78 Å². The summed E-state index contributed by atoms with van der Waals surface area (Å²) in [5.41, 5.74) is 0.838.